The third-order valence-electron chi connectivity index (χ3n) is 3.70. The lowest BCUT2D eigenvalue weighted by molar-refractivity contribution is -0.137. The first-order valence-corrected chi connectivity index (χ1v) is 7.87. The van der Waals surface area contributed by atoms with E-state index in [4.69, 9.17) is 5.11 Å². The lowest BCUT2D eigenvalue weighted by atomic mass is 9.99. The number of aryl methyl sites for hydroxylation is 1. The van der Waals surface area contributed by atoms with E-state index in [1.807, 2.05) is 0 Å². The summed E-state index contributed by atoms with van der Waals surface area (Å²) >= 11 is 0. The van der Waals surface area contributed by atoms with Crippen LogP contribution in [-0.4, -0.2) is 32.4 Å². The van der Waals surface area contributed by atoms with Gasteiger partial charge in [0.05, 0.1) is 5.69 Å². The SMILES string of the molecule is Cn1nc(-c2cc(F)cc(F)c2)cc1NC(=O)NC(C)(C)CCC(=O)O. The van der Waals surface area contributed by atoms with Gasteiger partial charge < -0.3 is 10.4 Å². The quantitative estimate of drug-likeness (QED) is 0.732. The number of aromatic nitrogens is 2. The summed E-state index contributed by atoms with van der Waals surface area (Å²) in [4.78, 5) is 22.8. The molecular formula is C17H20F2N4O3. The molecule has 26 heavy (non-hydrogen) atoms. The van der Waals surface area contributed by atoms with Gasteiger partial charge in [-0.3, -0.25) is 14.8 Å². The molecule has 1 aromatic heterocycles. The maximum atomic E-state index is 13.4. The highest BCUT2D eigenvalue weighted by Crippen LogP contribution is 2.23. The second kappa shape index (κ2) is 7.51. The number of carboxylic acid groups (broad SMARTS) is 1. The van der Waals surface area contributed by atoms with Crippen molar-refractivity contribution in [1.29, 1.82) is 0 Å². The average molecular weight is 366 g/mol. The van der Waals surface area contributed by atoms with Crippen molar-refractivity contribution in [3.8, 4) is 11.3 Å². The Bertz CT molecular complexity index is 813. The van der Waals surface area contributed by atoms with E-state index < -0.39 is 29.2 Å². The zero-order valence-corrected chi connectivity index (χ0v) is 14.6. The van der Waals surface area contributed by atoms with Gasteiger partial charge in [-0.2, -0.15) is 5.10 Å². The summed E-state index contributed by atoms with van der Waals surface area (Å²) < 4.78 is 28.1. The zero-order chi connectivity index (χ0) is 19.5. The van der Waals surface area contributed by atoms with Gasteiger partial charge in [0.25, 0.3) is 0 Å². The highest BCUT2D eigenvalue weighted by Gasteiger charge is 2.22. The van der Waals surface area contributed by atoms with E-state index in [2.05, 4.69) is 15.7 Å². The number of aliphatic carboxylic acids is 1. The molecule has 140 valence electrons. The molecule has 0 atom stereocenters. The minimum Gasteiger partial charge on any atom is -0.481 e. The molecule has 0 bridgehead atoms. The molecule has 0 saturated heterocycles. The summed E-state index contributed by atoms with van der Waals surface area (Å²) in [5.41, 5.74) is -0.185. The second-order valence-electron chi connectivity index (χ2n) is 6.55. The predicted molar refractivity (Wildman–Crippen MR) is 91.7 cm³/mol. The van der Waals surface area contributed by atoms with Crippen LogP contribution in [0, 0.1) is 11.6 Å². The van der Waals surface area contributed by atoms with Crippen molar-refractivity contribution in [2.45, 2.75) is 32.2 Å². The molecule has 0 spiro atoms. The molecule has 9 heteroatoms. The van der Waals surface area contributed by atoms with Gasteiger partial charge in [0.15, 0.2) is 0 Å². The van der Waals surface area contributed by atoms with Crippen LogP contribution in [0.2, 0.25) is 0 Å². The molecule has 0 aliphatic rings. The number of carbonyl (C=O) groups is 2. The number of carbonyl (C=O) groups excluding carboxylic acids is 1. The first-order chi connectivity index (χ1) is 12.1. The van der Waals surface area contributed by atoms with Crippen LogP contribution in [0.25, 0.3) is 11.3 Å². The first-order valence-electron chi connectivity index (χ1n) is 7.87. The lowest BCUT2D eigenvalue weighted by Gasteiger charge is -2.25. The van der Waals surface area contributed by atoms with Crippen LogP contribution in [0.1, 0.15) is 26.7 Å². The number of halogens is 2. The van der Waals surface area contributed by atoms with Crippen molar-refractivity contribution in [3.63, 3.8) is 0 Å². The Hall–Kier alpha value is -2.97. The van der Waals surface area contributed by atoms with Crippen molar-refractivity contribution >= 4 is 17.8 Å². The maximum absolute atomic E-state index is 13.4. The first kappa shape index (κ1) is 19.4. The van der Waals surface area contributed by atoms with Crippen molar-refractivity contribution in [2.75, 3.05) is 5.32 Å². The van der Waals surface area contributed by atoms with Crippen LogP contribution in [0.5, 0.6) is 0 Å². The third kappa shape index (κ3) is 5.27. The number of rotatable bonds is 6. The molecule has 0 aliphatic carbocycles. The Balaban J connectivity index is 2.09. The smallest absolute Gasteiger partial charge is 0.320 e. The van der Waals surface area contributed by atoms with Crippen molar-refractivity contribution in [1.82, 2.24) is 15.1 Å². The minimum atomic E-state index is -0.945. The summed E-state index contributed by atoms with van der Waals surface area (Å²) in [6.45, 7) is 3.42. The minimum absolute atomic E-state index is 0.0751. The van der Waals surface area contributed by atoms with E-state index >= 15 is 0 Å². The van der Waals surface area contributed by atoms with E-state index in [0.717, 1.165) is 18.2 Å². The van der Waals surface area contributed by atoms with Gasteiger partial charge in [-0.15, -0.1) is 0 Å². The summed E-state index contributed by atoms with van der Waals surface area (Å²) in [5, 5.41) is 18.1. The number of benzene rings is 1. The number of hydrogen-bond acceptors (Lipinski definition) is 3. The number of urea groups is 1. The average Bonchev–Trinajstić information content (AvgIpc) is 2.85. The monoisotopic (exact) mass is 366 g/mol. The summed E-state index contributed by atoms with van der Waals surface area (Å²) in [7, 11) is 1.57. The van der Waals surface area contributed by atoms with Crippen LogP contribution in [0.3, 0.4) is 0 Å². The highest BCUT2D eigenvalue weighted by atomic mass is 19.1. The molecule has 1 heterocycles. The Morgan fingerprint density at radius 2 is 1.81 bits per heavy atom. The van der Waals surface area contributed by atoms with E-state index in [0.29, 0.717) is 11.5 Å². The molecule has 2 rings (SSSR count). The summed E-state index contributed by atoms with van der Waals surface area (Å²) in [5.74, 6) is -2.08. The van der Waals surface area contributed by atoms with E-state index in [1.54, 1.807) is 20.9 Å². The van der Waals surface area contributed by atoms with Gasteiger partial charge >= 0.3 is 12.0 Å². The molecule has 0 aliphatic heterocycles. The molecule has 7 nitrogen and oxygen atoms in total. The van der Waals surface area contributed by atoms with Crippen LogP contribution >= 0.6 is 0 Å². The van der Waals surface area contributed by atoms with Crippen LogP contribution in [0.15, 0.2) is 24.3 Å². The number of nitrogens with zero attached hydrogens (tertiary/aromatic N) is 2. The largest absolute Gasteiger partial charge is 0.481 e. The van der Waals surface area contributed by atoms with Crippen LogP contribution in [-0.2, 0) is 11.8 Å². The standard InChI is InChI=1S/C17H20F2N4O3/c1-17(2,5-4-15(24)25)21-16(26)20-14-9-13(22-23(14)3)10-6-11(18)8-12(19)7-10/h6-9H,4-5H2,1-3H3,(H,24,25)(H2,20,21,26). The number of nitrogens with one attached hydrogen (secondary N) is 2. The Labute approximate surface area is 149 Å². The fourth-order valence-corrected chi connectivity index (χ4v) is 2.36. The zero-order valence-electron chi connectivity index (χ0n) is 14.6. The van der Waals surface area contributed by atoms with Crippen molar-refractivity contribution in [3.05, 3.63) is 35.9 Å². The van der Waals surface area contributed by atoms with Gasteiger partial charge in [0.2, 0.25) is 0 Å². The van der Waals surface area contributed by atoms with E-state index in [9.17, 15) is 18.4 Å². The third-order valence-corrected chi connectivity index (χ3v) is 3.70. The van der Waals surface area contributed by atoms with Crippen LogP contribution in [0.4, 0.5) is 19.4 Å². The molecule has 0 unspecified atom stereocenters. The lowest BCUT2D eigenvalue weighted by Crippen LogP contribution is -2.46. The Morgan fingerprint density at radius 1 is 1.19 bits per heavy atom. The van der Waals surface area contributed by atoms with Gasteiger partial charge in [0, 0.05) is 36.7 Å². The van der Waals surface area contributed by atoms with E-state index in [-0.39, 0.29) is 18.4 Å². The molecule has 0 fully saturated rings. The molecule has 3 N–H and O–H groups in total. The number of anilines is 1. The number of carboxylic acids is 1. The predicted octanol–water partition coefficient (Wildman–Crippen LogP) is 3.13. The van der Waals surface area contributed by atoms with Crippen molar-refractivity contribution in [2.24, 2.45) is 7.05 Å². The van der Waals surface area contributed by atoms with E-state index in [1.165, 1.54) is 10.7 Å². The van der Waals surface area contributed by atoms with Crippen LogP contribution < -0.4 is 10.6 Å². The molecule has 0 saturated carbocycles. The Morgan fingerprint density at radius 3 is 2.38 bits per heavy atom. The molecule has 2 amide bonds. The molecule has 1 aromatic carbocycles. The molecule has 2 aromatic rings. The molecular weight excluding hydrogens is 346 g/mol. The fourth-order valence-electron chi connectivity index (χ4n) is 2.36. The summed E-state index contributed by atoms with van der Waals surface area (Å²) in [6, 6.07) is 3.99. The molecule has 0 radical (unpaired) electrons. The Kier molecular flexibility index (Phi) is 5.59. The van der Waals surface area contributed by atoms with Gasteiger partial charge in [-0.05, 0) is 32.4 Å². The second-order valence-corrected chi connectivity index (χ2v) is 6.55. The number of amides is 2. The van der Waals surface area contributed by atoms with Crippen molar-refractivity contribution < 1.29 is 23.5 Å². The van der Waals surface area contributed by atoms with Gasteiger partial charge in [-0.1, -0.05) is 0 Å². The van der Waals surface area contributed by atoms with Gasteiger partial charge in [-0.25, -0.2) is 13.6 Å². The topological polar surface area (TPSA) is 96.3 Å². The number of hydrogen-bond donors (Lipinski definition) is 3. The highest BCUT2D eigenvalue weighted by molar-refractivity contribution is 5.89. The summed E-state index contributed by atoms with van der Waals surface area (Å²) in [6.07, 6.45) is 0.184. The fraction of sp³-hybridized carbons (Fsp3) is 0.353. The van der Waals surface area contributed by atoms with Gasteiger partial charge in [0.1, 0.15) is 17.5 Å². The normalized spacial score (nSPS) is 11.3. The maximum Gasteiger partial charge on any atom is 0.320 e.